The zero-order valence-corrected chi connectivity index (χ0v) is 13.0. The Morgan fingerprint density at radius 2 is 2.08 bits per heavy atom. The van der Waals surface area contributed by atoms with Crippen LogP contribution in [0.2, 0.25) is 0 Å². The molecule has 3 aliphatic heterocycles. The van der Waals surface area contributed by atoms with Gasteiger partial charge in [-0.05, 0) is 6.07 Å². The summed E-state index contributed by atoms with van der Waals surface area (Å²) in [5.41, 5.74) is 2.16. The van der Waals surface area contributed by atoms with Gasteiger partial charge in [0, 0.05) is 25.4 Å². The maximum atomic E-state index is 14.7. The SMILES string of the molecule is C=C1CNc2cc(F)c(N3C(=O)C=C(F)N4CCN=C43)cc2N1C. The topological polar surface area (TPSA) is 51.2 Å². The Hall–Kier alpha value is -2.90. The van der Waals surface area contributed by atoms with E-state index in [2.05, 4.69) is 16.9 Å². The normalized spacial score (nSPS) is 19.7. The zero-order chi connectivity index (χ0) is 17.0. The number of nitrogens with one attached hydrogen (secondary N) is 1. The molecule has 0 fully saturated rings. The highest BCUT2D eigenvalue weighted by molar-refractivity contribution is 6.22. The first-order valence-electron chi connectivity index (χ1n) is 7.49. The zero-order valence-electron chi connectivity index (χ0n) is 13.0. The highest BCUT2D eigenvalue weighted by Crippen LogP contribution is 2.38. The lowest BCUT2D eigenvalue weighted by molar-refractivity contribution is -0.113. The third kappa shape index (κ3) is 1.99. The molecule has 0 bridgehead atoms. The molecule has 0 aromatic heterocycles. The highest BCUT2D eigenvalue weighted by Gasteiger charge is 2.37. The smallest absolute Gasteiger partial charge is 0.262 e. The molecular formula is C16H15F2N5O. The van der Waals surface area contributed by atoms with Crippen molar-refractivity contribution in [3.05, 3.63) is 42.3 Å². The number of carbonyl (C=O) groups excluding carboxylic acids is 1. The van der Waals surface area contributed by atoms with E-state index in [1.54, 1.807) is 6.07 Å². The Labute approximate surface area is 137 Å². The fraction of sp³-hybridized carbons (Fsp3) is 0.250. The predicted molar refractivity (Wildman–Crippen MR) is 88.1 cm³/mol. The first-order valence-corrected chi connectivity index (χ1v) is 7.49. The summed E-state index contributed by atoms with van der Waals surface area (Å²) in [5.74, 6) is -1.80. The van der Waals surface area contributed by atoms with Gasteiger partial charge in [0.05, 0.1) is 36.2 Å². The van der Waals surface area contributed by atoms with Crippen molar-refractivity contribution in [2.24, 2.45) is 4.99 Å². The van der Waals surface area contributed by atoms with Gasteiger partial charge >= 0.3 is 0 Å². The van der Waals surface area contributed by atoms with E-state index < -0.39 is 17.7 Å². The second-order valence-electron chi connectivity index (χ2n) is 5.77. The van der Waals surface area contributed by atoms with Crippen LogP contribution in [0.15, 0.2) is 41.4 Å². The van der Waals surface area contributed by atoms with E-state index in [9.17, 15) is 13.6 Å². The van der Waals surface area contributed by atoms with Crippen molar-refractivity contribution >= 4 is 28.9 Å². The second kappa shape index (κ2) is 5.05. The van der Waals surface area contributed by atoms with Crippen LogP contribution in [0.25, 0.3) is 0 Å². The molecule has 8 heteroatoms. The monoisotopic (exact) mass is 331 g/mol. The number of hydrogen-bond acceptors (Lipinski definition) is 5. The standard InChI is InChI=1S/C16H15F2N5O/c1-9-8-20-11-5-10(17)12(6-13(11)21(9)2)23-15(24)7-14(18)22-4-3-19-16(22)23/h5-7,20H,1,3-4,8H2,2H3. The summed E-state index contributed by atoms with van der Waals surface area (Å²) in [5, 5.41) is 3.08. The molecule has 124 valence electrons. The first kappa shape index (κ1) is 14.7. The van der Waals surface area contributed by atoms with Gasteiger partial charge in [0.2, 0.25) is 11.9 Å². The first-order chi connectivity index (χ1) is 11.5. The number of aliphatic imine (C=N–C) groups is 1. The maximum Gasteiger partial charge on any atom is 0.262 e. The molecule has 0 aliphatic carbocycles. The average Bonchev–Trinajstić information content (AvgIpc) is 3.02. The van der Waals surface area contributed by atoms with Gasteiger partial charge in [-0.2, -0.15) is 4.39 Å². The number of hydrogen-bond donors (Lipinski definition) is 1. The summed E-state index contributed by atoms with van der Waals surface area (Å²) < 4.78 is 28.6. The molecule has 4 rings (SSSR count). The molecular weight excluding hydrogens is 316 g/mol. The van der Waals surface area contributed by atoms with Crippen LogP contribution in [-0.2, 0) is 4.79 Å². The fourth-order valence-corrected chi connectivity index (χ4v) is 3.03. The van der Waals surface area contributed by atoms with E-state index in [0.29, 0.717) is 31.0 Å². The van der Waals surface area contributed by atoms with E-state index in [1.165, 1.54) is 11.0 Å². The van der Waals surface area contributed by atoms with Gasteiger partial charge < -0.3 is 10.2 Å². The van der Waals surface area contributed by atoms with E-state index in [0.717, 1.165) is 16.7 Å². The molecule has 0 unspecified atom stereocenters. The molecule has 1 aromatic rings. The van der Waals surface area contributed by atoms with Crippen LogP contribution >= 0.6 is 0 Å². The van der Waals surface area contributed by atoms with Crippen molar-refractivity contribution in [2.45, 2.75) is 0 Å². The molecule has 3 aliphatic rings. The highest BCUT2D eigenvalue weighted by atomic mass is 19.1. The van der Waals surface area contributed by atoms with E-state index >= 15 is 0 Å². The Balaban J connectivity index is 1.85. The van der Waals surface area contributed by atoms with Crippen LogP contribution in [0, 0.1) is 5.82 Å². The van der Waals surface area contributed by atoms with Crippen LogP contribution in [-0.4, -0.2) is 43.4 Å². The Bertz CT molecular complexity index is 832. The Morgan fingerprint density at radius 1 is 1.29 bits per heavy atom. The molecule has 1 amide bonds. The molecule has 6 nitrogen and oxygen atoms in total. The quantitative estimate of drug-likeness (QED) is 0.800. The lowest BCUT2D eigenvalue weighted by Crippen LogP contribution is -2.48. The van der Waals surface area contributed by atoms with Crippen LogP contribution < -0.4 is 15.1 Å². The van der Waals surface area contributed by atoms with Crippen molar-refractivity contribution in [3.8, 4) is 0 Å². The number of amides is 1. The van der Waals surface area contributed by atoms with Crippen molar-refractivity contribution in [3.63, 3.8) is 0 Å². The summed E-state index contributed by atoms with van der Waals surface area (Å²) in [6.45, 7) is 5.13. The number of guanidine groups is 1. The van der Waals surface area contributed by atoms with Crippen LogP contribution in [0.1, 0.15) is 0 Å². The van der Waals surface area contributed by atoms with Crippen molar-refractivity contribution in [1.29, 1.82) is 0 Å². The average molecular weight is 331 g/mol. The molecule has 3 heterocycles. The third-order valence-electron chi connectivity index (χ3n) is 4.36. The third-order valence-corrected chi connectivity index (χ3v) is 4.36. The molecule has 0 saturated heterocycles. The lowest BCUT2D eigenvalue weighted by atomic mass is 10.1. The minimum absolute atomic E-state index is 0.0384. The summed E-state index contributed by atoms with van der Waals surface area (Å²) in [6.07, 6.45) is 0.851. The maximum absolute atomic E-state index is 14.7. The predicted octanol–water partition coefficient (Wildman–Crippen LogP) is 2.03. The summed E-state index contributed by atoms with van der Waals surface area (Å²) in [4.78, 5) is 20.7. The van der Waals surface area contributed by atoms with E-state index in [1.807, 2.05) is 11.9 Å². The number of nitrogens with zero attached hydrogens (tertiary/aromatic N) is 4. The van der Waals surface area contributed by atoms with E-state index in [4.69, 9.17) is 0 Å². The van der Waals surface area contributed by atoms with Gasteiger partial charge in [-0.1, -0.05) is 6.58 Å². The van der Waals surface area contributed by atoms with Gasteiger partial charge in [-0.25, -0.2) is 9.29 Å². The minimum Gasteiger partial charge on any atom is -0.378 e. The molecule has 1 N–H and O–H groups in total. The van der Waals surface area contributed by atoms with Crippen LogP contribution in [0.5, 0.6) is 0 Å². The molecule has 0 spiro atoms. The Kier molecular flexibility index (Phi) is 3.09. The minimum atomic E-state index is -0.668. The number of halogens is 2. The van der Waals surface area contributed by atoms with Crippen molar-refractivity contribution in [1.82, 2.24) is 4.90 Å². The van der Waals surface area contributed by atoms with Gasteiger partial charge in [0.1, 0.15) is 5.82 Å². The molecule has 0 radical (unpaired) electrons. The number of fused-ring (bicyclic) bond motifs is 2. The lowest BCUT2D eigenvalue weighted by Gasteiger charge is -2.34. The van der Waals surface area contributed by atoms with Crippen molar-refractivity contribution in [2.75, 3.05) is 41.8 Å². The van der Waals surface area contributed by atoms with Gasteiger partial charge in [0.15, 0.2) is 0 Å². The molecule has 1 aromatic carbocycles. The number of carbonyl (C=O) groups is 1. The van der Waals surface area contributed by atoms with Crippen LogP contribution in [0.3, 0.4) is 0 Å². The fourth-order valence-electron chi connectivity index (χ4n) is 3.03. The van der Waals surface area contributed by atoms with Gasteiger partial charge in [-0.3, -0.25) is 14.7 Å². The summed E-state index contributed by atoms with van der Waals surface area (Å²) in [7, 11) is 1.82. The number of likely N-dealkylation sites (N-methyl/N-ethyl adjacent to an activating group) is 1. The van der Waals surface area contributed by atoms with Gasteiger partial charge in [-0.15, -0.1) is 0 Å². The molecule has 0 saturated carbocycles. The number of benzene rings is 1. The largest absolute Gasteiger partial charge is 0.378 e. The van der Waals surface area contributed by atoms with Gasteiger partial charge in [0.25, 0.3) is 5.91 Å². The summed E-state index contributed by atoms with van der Waals surface area (Å²) in [6, 6.07) is 2.88. The second-order valence-corrected chi connectivity index (χ2v) is 5.77. The Morgan fingerprint density at radius 3 is 2.88 bits per heavy atom. The van der Waals surface area contributed by atoms with Crippen molar-refractivity contribution < 1.29 is 13.6 Å². The molecule has 24 heavy (non-hydrogen) atoms. The summed E-state index contributed by atoms with van der Waals surface area (Å²) >= 11 is 0. The van der Waals surface area contributed by atoms with E-state index in [-0.39, 0.29) is 11.6 Å². The molecule has 0 atom stereocenters. The van der Waals surface area contributed by atoms with Crippen LogP contribution in [0.4, 0.5) is 25.8 Å². The number of anilines is 3. The number of rotatable bonds is 1.